The Bertz CT molecular complexity index is 902. The monoisotopic (exact) mass is 354 g/mol. The van der Waals surface area contributed by atoms with Crippen LogP contribution in [0.5, 0.6) is 0 Å². The summed E-state index contributed by atoms with van der Waals surface area (Å²) in [5.74, 6) is 0. The molecule has 2 aromatic carbocycles. The van der Waals surface area contributed by atoms with Crippen LogP contribution in [0.25, 0.3) is 5.57 Å². The fourth-order valence-corrected chi connectivity index (χ4v) is 2.27. The average Bonchev–Trinajstić information content (AvgIpc) is 2.60. The number of benzene rings is 2. The second kappa shape index (κ2) is 8.02. The molecule has 0 radical (unpaired) electrons. The summed E-state index contributed by atoms with van der Waals surface area (Å²) < 4.78 is 0. The number of rotatable bonds is 6. The average molecular weight is 354 g/mol. The Balaban J connectivity index is 2.22. The highest BCUT2D eigenvalue weighted by molar-refractivity contribution is 5.99. The molecule has 0 aliphatic carbocycles. The molecule has 0 fully saturated rings. The van der Waals surface area contributed by atoms with Crippen LogP contribution in [0.2, 0.25) is 0 Å². The summed E-state index contributed by atoms with van der Waals surface area (Å²) in [4.78, 5) is 20.5. The fourth-order valence-electron chi connectivity index (χ4n) is 2.27. The van der Waals surface area contributed by atoms with Gasteiger partial charge in [-0.15, -0.1) is 0 Å². The number of nitro benzene ring substituents is 2. The van der Waals surface area contributed by atoms with Crippen LogP contribution < -0.4 is 5.43 Å². The minimum Gasteiger partial charge on any atom is -0.271 e. The first kappa shape index (κ1) is 18.8. The van der Waals surface area contributed by atoms with E-state index in [0.717, 1.165) is 17.2 Å². The van der Waals surface area contributed by atoms with Gasteiger partial charge in [0.1, 0.15) is 5.69 Å². The molecule has 0 atom stereocenters. The minimum atomic E-state index is -0.687. The zero-order valence-electron chi connectivity index (χ0n) is 14.6. The SMILES string of the molecule is CC(=CC(C)=NNc1ccc([N+](=O)[O-])cc1[N+](=O)[O-])c1ccc(C)cc1. The number of hydrogen-bond acceptors (Lipinski definition) is 6. The highest BCUT2D eigenvalue weighted by Gasteiger charge is 2.19. The van der Waals surface area contributed by atoms with E-state index in [0.29, 0.717) is 5.71 Å². The second-order valence-electron chi connectivity index (χ2n) is 5.77. The van der Waals surface area contributed by atoms with E-state index in [-0.39, 0.29) is 11.4 Å². The number of hydrazone groups is 1. The number of aryl methyl sites for hydroxylation is 1. The topological polar surface area (TPSA) is 111 Å². The van der Waals surface area contributed by atoms with Crippen LogP contribution in [0.15, 0.2) is 53.6 Å². The molecule has 8 nitrogen and oxygen atoms in total. The van der Waals surface area contributed by atoms with Gasteiger partial charge >= 0.3 is 5.69 Å². The highest BCUT2D eigenvalue weighted by atomic mass is 16.6. The molecule has 1 N–H and O–H groups in total. The third-order valence-electron chi connectivity index (χ3n) is 3.67. The van der Waals surface area contributed by atoms with Crippen molar-refractivity contribution in [2.24, 2.45) is 5.10 Å². The number of nitrogens with zero attached hydrogens (tertiary/aromatic N) is 3. The maximum atomic E-state index is 11.1. The van der Waals surface area contributed by atoms with Crippen molar-refractivity contribution in [3.05, 3.63) is 79.9 Å². The lowest BCUT2D eigenvalue weighted by molar-refractivity contribution is -0.393. The summed E-state index contributed by atoms with van der Waals surface area (Å²) in [5, 5.41) is 26.0. The molecule has 134 valence electrons. The standard InChI is InChI=1S/C18H18N4O4/c1-12-4-6-15(7-5-12)13(2)10-14(3)19-20-17-9-8-16(21(23)24)11-18(17)22(25)26/h4-11,20H,1-3H3. The van der Waals surface area contributed by atoms with E-state index in [9.17, 15) is 20.2 Å². The summed E-state index contributed by atoms with van der Waals surface area (Å²) in [6.07, 6.45) is 1.84. The van der Waals surface area contributed by atoms with Crippen LogP contribution >= 0.6 is 0 Å². The van der Waals surface area contributed by atoms with Crippen LogP contribution in [-0.4, -0.2) is 15.6 Å². The van der Waals surface area contributed by atoms with Gasteiger partial charge in [-0.1, -0.05) is 29.8 Å². The van der Waals surface area contributed by atoms with Crippen LogP contribution in [0.1, 0.15) is 25.0 Å². The zero-order valence-corrected chi connectivity index (χ0v) is 14.6. The van der Waals surface area contributed by atoms with Crippen molar-refractivity contribution in [3.8, 4) is 0 Å². The third kappa shape index (κ3) is 4.73. The minimum absolute atomic E-state index is 0.0846. The Labute approximate surface area is 150 Å². The largest absolute Gasteiger partial charge is 0.301 e. The molecule has 26 heavy (non-hydrogen) atoms. The Morgan fingerprint density at radius 1 is 1.04 bits per heavy atom. The van der Waals surface area contributed by atoms with Crippen molar-refractivity contribution in [2.45, 2.75) is 20.8 Å². The van der Waals surface area contributed by atoms with E-state index in [2.05, 4.69) is 10.5 Å². The quantitative estimate of drug-likeness (QED) is 0.459. The first-order valence-corrected chi connectivity index (χ1v) is 7.76. The third-order valence-corrected chi connectivity index (χ3v) is 3.67. The first-order chi connectivity index (χ1) is 12.3. The molecule has 0 amide bonds. The first-order valence-electron chi connectivity index (χ1n) is 7.76. The normalized spacial score (nSPS) is 12.0. The van der Waals surface area contributed by atoms with Crippen molar-refractivity contribution in [2.75, 3.05) is 5.43 Å². The van der Waals surface area contributed by atoms with E-state index in [1.165, 1.54) is 17.7 Å². The van der Waals surface area contributed by atoms with Crippen molar-refractivity contribution >= 4 is 28.3 Å². The fraction of sp³-hybridized carbons (Fsp3) is 0.167. The van der Waals surface area contributed by atoms with Gasteiger partial charge in [0.05, 0.1) is 21.6 Å². The molecule has 0 saturated heterocycles. The lowest BCUT2D eigenvalue weighted by Crippen LogP contribution is -2.00. The van der Waals surface area contributed by atoms with Gasteiger partial charge in [0.25, 0.3) is 5.69 Å². The molecule has 2 aromatic rings. The molecule has 2 rings (SSSR count). The van der Waals surface area contributed by atoms with Gasteiger partial charge in [0.15, 0.2) is 0 Å². The lowest BCUT2D eigenvalue weighted by Gasteiger charge is -2.04. The highest BCUT2D eigenvalue weighted by Crippen LogP contribution is 2.29. The van der Waals surface area contributed by atoms with Gasteiger partial charge in [0, 0.05) is 6.07 Å². The number of hydrogen-bond donors (Lipinski definition) is 1. The van der Waals surface area contributed by atoms with Crippen LogP contribution in [0.3, 0.4) is 0 Å². The molecule has 8 heteroatoms. The van der Waals surface area contributed by atoms with Gasteiger partial charge in [-0.3, -0.25) is 25.7 Å². The molecule has 0 aromatic heterocycles. The van der Waals surface area contributed by atoms with Gasteiger partial charge in [-0.25, -0.2) is 0 Å². The number of nitro groups is 2. The van der Waals surface area contributed by atoms with E-state index in [4.69, 9.17) is 0 Å². The number of non-ortho nitro benzene ring substituents is 1. The van der Waals surface area contributed by atoms with Gasteiger partial charge in [-0.2, -0.15) is 5.10 Å². The molecule has 0 saturated carbocycles. The summed E-state index contributed by atoms with van der Waals surface area (Å²) in [6.45, 7) is 5.70. The molecule has 0 aliphatic heterocycles. The molecule has 0 heterocycles. The molecule has 0 spiro atoms. The molecule has 0 aliphatic rings. The smallest absolute Gasteiger partial charge is 0.271 e. The van der Waals surface area contributed by atoms with E-state index < -0.39 is 15.5 Å². The summed E-state index contributed by atoms with van der Waals surface area (Å²) in [7, 11) is 0. The van der Waals surface area contributed by atoms with E-state index in [1.807, 2.05) is 44.2 Å². The number of allylic oxidation sites excluding steroid dienone is 2. The van der Waals surface area contributed by atoms with E-state index >= 15 is 0 Å². The maximum absolute atomic E-state index is 11.1. The van der Waals surface area contributed by atoms with Gasteiger partial charge in [-0.05, 0) is 44.1 Å². The summed E-state index contributed by atoms with van der Waals surface area (Å²) >= 11 is 0. The Morgan fingerprint density at radius 3 is 2.27 bits per heavy atom. The van der Waals surface area contributed by atoms with Gasteiger partial charge < -0.3 is 0 Å². The molecular weight excluding hydrogens is 336 g/mol. The predicted octanol–water partition coefficient (Wildman–Crippen LogP) is 4.70. The lowest BCUT2D eigenvalue weighted by atomic mass is 10.0. The summed E-state index contributed by atoms with van der Waals surface area (Å²) in [5.41, 5.74) is 5.75. The van der Waals surface area contributed by atoms with Crippen LogP contribution in [0, 0.1) is 27.2 Å². The predicted molar refractivity (Wildman–Crippen MR) is 101 cm³/mol. The molecule has 0 unspecified atom stereocenters. The van der Waals surface area contributed by atoms with Crippen molar-refractivity contribution in [3.63, 3.8) is 0 Å². The van der Waals surface area contributed by atoms with Crippen molar-refractivity contribution in [1.82, 2.24) is 0 Å². The van der Waals surface area contributed by atoms with Crippen molar-refractivity contribution < 1.29 is 9.85 Å². The Morgan fingerprint density at radius 2 is 1.69 bits per heavy atom. The van der Waals surface area contributed by atoms with Gasteiger partial charge in [0.2, 0.25) is 0 Å². The maximum Gasteiger partial charge on any atom is 0.301 e. The van der Waals surface area contributed by atoms with E-state index in [1.54, 1.807) is 6.92 Å². The summed E-state index contributed by atoms with van der Waals surface area (Å²) in [6, 6.07) is 11.4. The van der Waals surface area contributed by atoms with Crippen LogP contribution in [0.4, 0.5) is 17.1 Å². The zero-order chi connectivity index (χ0) is 19.3. The van der Waals surface area contributed by atoms with Crippen LogP contribution in [-0.2, 0) is 0 Å². The number of anilines is 1. The van der Waals surface area contributed by atoms with Crippen molar-refractivity contribution in [1.29, 1.82) is 0 Å². The number of nitrogens with one attached hydrogen (secondary N) is 1. The molecular formula is C18H18N4O4. The second-order valence-corrected chi connectivity index (χ2v) is 5.77. The Kier molecular flexibility index (Phi) is 5.79. The Hall–Kier alpha value is -3.55. The molecule has 0 bridgehead atoms.